The molecule has 0 spiro atoms. The smallest absolute Gasteiger partial charge is 0.341 e. The number of hydrogen-bond acceptors (Lipinski definition) is 6. The van der Waals surface area contributed by atoms with E-state index in [2.05, 4.69) is 26.5 Å². The topological polar surface area (TPSA) is 106 Å². The third-order valence-electron chi connectivity index (χ3n) is 3.49. The van der Waals surface area contributed by atoms with E-state index >= 15 is 0 Å². The number of nitrogens with zero attached hydrogens (tertiary/aromatic N) is 1. The Bertz CT molecular complexity index is 901. The first kappa shape index (κ1) is 22.2. The number of nitrogens with one attached hydrogen (secondary N) is 1. The van der Waals surface area contributed by atoms with Crippen molar-refractivity contribution in [3.05, 3.63) is 52.0 Å². The highest BCUT2D eigenvalue weighted by Gasteiger charge is 2.11. The van der Waals surface area contributed by atoms with Crippen LogP contribution in [-0.2, 0) is 4.79 Å². The molecule has 1 amide bonds. The van der Waals surface area contributed by atoms with Gasteiger partial charge in [0.15, 0.2) is 18.1 Å². The molecule has 2 rings (SSSR count). The van der Waals surface area contributed by atoms with Gasteiger partial charge in [0, 0.05) is 5.56 Å². The minimum atomic E-state index is -1.06. The summed E-state index contributed by atoms with van der Waals surface area (Å²) in [4.78, 5) is 22.9. The number of hydrogen-bond donors (Lipinski definition) is 2. The summed E-state index contributed by atoms with van der Waals surface area (Å²) >= 11 is 3.30. The van der Waals surface area contributed by atoms with Crippen molar-refractivity contribution < 1.29 is 28.9 Å². The van der Waals surface area contributed by atoms with Crippen LogP contribution in [0.15, 0.2) is 46.0 Å². The van der Waals surface area contributed by atoms with Crippen LogP contribution in [0, 0.1) is 0 Å². The molecular weight excluding hydrogens is 444 g/mol. The summed E-state index contributed by atoms with van der Waals surface area (Å²) in [6, 6.07) is 9.89. The molecule has 0 radical (unpaired) electrons. The second kappa shape index (κ2) is 11.1. The SMILES string of the molecule is CCOc1ccc(C(=O)N/N=C/c2ccc(OCC(=O)O)c(Br)c2)cc1OCC. The van der Waals surface area contributed by atoms with Crippen LogP contribution in [0.3, 0.4) is 0 Å². The summed E-state index contributed by atoms with van der Waals surface area (Å²) in [6.45, 7) is 4.22. The lowest BCUT2D eigenvalue weighted by Crippen LogP contribution is -2.17. The standard InChI is InChI=1S/C20H21BrN2O6/c1-3-27-17-8-6-14(10-18(17)28-4-2)20(26)23-22-11-13-5-7-16(15(21)9-13)29-12-19(24)25/h5-11H,3-4,12H2,1-2H3,(H,23,26)(H,24,25)/b22-11+. The van der Waals surface area contributed by atoms with Gasteiger partial charge in [-0.25, -0.2) is 10.2 Å². The van der Waals surface area contributed by atoms with Gasteiger partial charge in [-0.05, 0) is 71.7 Å². The lowest BCUT2D eigenvalue weighted by Gasteiger charge is -2.11. The third kappa shape index (κ3) is 6.79. The normalized spacial score (nSPS) is 10.6. The fourth-order valence-corrected chi connectivity index (χ4v) is 2.79. The predicted octanol–water partition coefficient (Wildman–Crippen LogP) is 3.47. The number of aliphatic carboxylic acids is 1. The van der Waals surface area contributed by atoms with Crippen LogP contribution >= 0.6 is 15.9 Å². The first-order chi connectivity index (χ1) is 13.9. The summed E-state index contributed by atoms with van der Waals surface area (Å²) in [6.07, 6.45) is 1.46. The molecular formula is C20H21BrN2O6. The van der Waals surface area contributed by atoms with Crippen LogP contribution in [-0.4, -0.2) is 43.0 Å². The molecule has 8 nitrogen and oxygen atoms in total. The number of benzene rings is 2. The van der Waals surface area contributed by atoms with Gasteiger partial charge >= 0.3 is 5.97 Å². The zero-order valence-electron chi connectivity index (χ0n) is 16.0. The zero-order valence-corrected chi connectivity index (χ0v) is 17.6. The number of amides is 1. The summed E-state index contributed by atoms with van der Waals surface area (Å²) < 4.78 is 16.7. The molecule has 0 aliphatic carbocycles. The maximum absolute atomic E-state index is 12.3. The number of halogens is 1. The second-order valence-electron chi connectivity index (χ2n) is 5.60. The van der Waals surface area contributed by atoms with Gasteiger partial charge in [-0.15, -0.1) is 0 Å². The highest BCUT2D eigenvalue weighted by atomic mass is 79.9. The summed E-state index contributed by atoms with van der Waals surface area (Å²) in [5.74, 6) is 0.000471. The molecule has 0 aromatic heterocycles. The van der Waals surface area contributed by atoms with Crippen LogP contribution in [0.2, 0.25) is 0 Å². The van der Waals surface area contributed by atoms with E-state index in [9.17, 15) is 9.59 Å². The van der Waals surface area contributed by atoms with Crippen molar-refractivity contribution in [2.24, 2.45) is 5.10 Å². The molecule has 0 unspecified atom stereocenters. The number of carbonyl (C=O) groups excluding carboxylic acids is 1. The van der Waals surface area contributed by atoms with E-state index in [1.54, 1.807) is 36.4 Å². The van der Waals surface area contributed by atoms with Crippen LogP contribution < -0.4 is 19.6 Å². The minimum Gasteiger partial charge on any atom is -0.490 e. The molecule has 2 aromatic rings. The Morgan fingerprint density at radius 1 is 1.03 bits per heavy atom. The Hall–Kier alpha value is -3.07. The van der Waals surface area contributed by atoms with Gasteiger partial charge in [-0.1, -0.05) is 0 Å². The molecule has 0 saturated carbocycles. The molecule has 0 saturated heterocycles. The van der Waals surface area contributed by atoms with E-state index in [0.717, 1.165) is 0 Å². The molecule has 0 aliphatic heterocycles. The van der Waals surface area contributed by atoms with Gasteiger partial charge in [-0.2, -0.15) is 5.10 Å². The van der Waals surface area contributed by atoms with E-state index in [-0.39, 0.29) is 0 Å². The lowest BCUT2D eigenvalue weighted by molar-refractivity contribution is -0.139. The van der Waals surface area contributed by atoms with Crippen molar-refractivity contribution in [1.29, 1.82) is 0 Å². The number of rotatable bonds is 10. The third-order valence-corrected chi connectivity index (χ3v) is 4.11. The first-order valence-electron chi connectivity index (χ1n) is 8.81. The first-order valence-corrected chi connectivity index (χ1v) is 9.61. The van der Waals surface area contributed by atoms with Crippen LogP contribution in [0.1, 0.15) is 29.8 Å². The van der Waals surface area contributed by atoms with Crippen LogP contribution in [0.5, 0.6) is 17.2 Å². The van der Waals surface area contributed by atoms with Gasteiger partial charge < -0.3 is 19.3 Å². The van der Waals surface area contributed by atoms with E-state index < -0.39 is 18.5 Å². The fraction of sp³-hybridized carbons (Fsp3) is 0.250. The molecule has 0 aliphatic rings. The number of carboxylic acid groups (broad SMARTS) is 1. The van der Waals surface area contributed by atoms with Gasteiger partial charge in [0.2, 0.25) is 0 Å². The van der Waals surface area contributed by atoms with Gasteiger partial charge in [0.1, 0.15) is 5.75 Å². The summed E-state index contributed by atoms with van der Waals surface area (Å²) in [5, 5.41) is 12.6. The van der Waals surface area contributed by atoms with Gasteiger partial charge in [-0.3, -0.25) is 4.79 Å². The second-order valence-corrected chi connectivity index (χ2v) is 6.45. The number of hydrazone groups is 1. The van der Waals surface area contributed by atoms with Gasteiger partial charge in [0.05, 0.1) is 23.9 Å². The van der Waals surface area contributed by atoms with E-state index in [0.29, 0.717) is 46.1 Å². The van der Waals surface area contributed by atoms with Crippen molar-refractivity contribution in [2.75, 3.05) is 19.8 Å². The highest BCUT2D eigenvalue weighted by Crippen LogP contribution is 2.28. The Kier molecular flexibility index (Phi) is 8.47. The van der Waals surface area contributed by atoms with Crippen molar-refractivity contribution in [2.45, 2.75) is 13.8 Å². The zero-order chi connectivity index (χ0) is 21.2. The Morgan fingerprint density at radius 3 is 2.38 bits per heavy atom. The van der Waals surface area contributed by atoms with Crippen LogP contribution in [0.25, 0.3) is 0 Å². The predicted molar refractivity (Wildman–Crippen MR) is 111 cm³/mol. The minimum absolute atomic E-state index is 0.382. The molecule has 0 heterocycles. The van der Waals surface area contributed by atoms with E-state index in [4.69, 9.17) is 19.3 Å². The molecule has 0 atom stereocenters. The maximum atomic E-state index is 12.3. The fourth-order valence-electron chi connectivity index (χ4n) is 2.28. The quantitative estimate of drug-likeness (QED) is 0.411. The van der Waals surface area contributed by atoms with Gasteiger partial charge in [0.25, 0.3) is 5.91 Å². The molecule has 154 valence electrons. The molecule has 0 bridgehead atoms. The Labute approximate surface area is 176 Å². The number of carbonyl (C=O) groups is 2. The largest absolute Gasteiger partial charge is 0.490 e. The Morgan fingerprint density at radius 2 is 1.72 bits per heavy atom. The van der Waals surface area contributed by atoms with Crippen molar-refractivity contribution in [1.82, 2.24) is 5.43 Å². The van der Waals surface area contributed by atoms with Crippen molar-refractivity contribution in [3.63, 3.8) is 0 Å². The maximum Gasteiger partial charge on any atom is 0.341 e. The highest BCUT2D eigenvalue weighted by molar-refractivity contribution is 9.10. The average Bonchev–Trinajstić information content (AvgIpc) is 2.68. The van der Waals surface area contributed by atoms with Crippen molar-refractivity contribution in [3.8, 4) is 17.2 Å². The Balaban J connectivity index is 2.02. The number of ether oxygens (including phenoxy) is 3. The van der Waals surface area contributed by atoms with Crippen molar-refractivity contribution >= 4 is 34.0 Å². The lowest BCUT2D eigenvalue weighted by atomic mass is 10.2. The number of carboxylic acids is 1. The summed E-state index contributed by atoms with van der Waals surface area (Å²) in [7, 11) is 0. The molecule has 2 N–H and O–H groups in total. The van der Waals surface area contributed by atoms with E-state index in [1.807, 2.05) is 13.8 Å². The van der Waals surface area contributed by atoms with Crippen LogP contribution in [0.4, 0.5) is 0 Å². The molecule has 2 aromatic carbocycles. The monoisotopic (exact) mass is 464 g/mol. The average molecular weight is 465 g/mol. The van der Waals surface area contributed by atoms with E-state index in [1.165, 1.54) is 6.21 Å². The molecule has 0 fully saturated rings. The molecule has 9 heteroatoms. The molecule has 29 heavy (non-hydrogen) atoms. The summed E-state index contributed by atoms with van der Waals surface area (Å²) in [5.41, 5.74) is 3.52.